The number of aryl methyl sites for hydroxylation is 1. The van der Waals surface area contributed by atoms with Crippen molar-refractivity contribution in [2.24, 2.45) is 0 Å². The molecule has 1 fully saturated rings. The largest absolute Gasteiger partial charge is 0.376 e. The lowest BCUT2D eigenvalue weighted by atomic mass is 9.98. The predicted octanol–water partition coefficient (Wildman–Crippen LogP) is 4.71. The zero-order valence-corrected chi connectivity index (χ0v) is 18.5. The van der Waals surface area contributed by atoms with Gasteiger partial charge in [0.15, 0.2) is 0 Å². The van der Waals surface area contributed by atoms with E-state index < -0.39 is 0 Å². The summed E-state index contributed by atoms with van der Waals surface area (Å²) in [5, 5.41) is 0.831. The van der Waals surface area contributed by atoms with Gasteiger partial charge in [0, 0.05) is 29.4 Å². The first-order valence-corrected chi connectivity index (χ1v) is 11.3. The summed E-state index contributed by atoms with van der Waals surface area (Å²) in [6.45, 7) is 1.58. The number of benzene rings is 2. The lowest BCUT2D eigenvalue weighted by Gasteiger charge is -2.32. The maximum Gasteiger partial charge on any atom is 0.278 e. The topological polar surface area (TPSA) is 49.9 Å². The molecule has 0 aromatic heterocycles. The van der Waals surface area contributed by atoms with Gasteiger partial charge in [-0.25, -0.2) is 0 Å². The first-order valence-electron chi connectivity index (χ1n) is 10.6. The third kappa shape index (κ3) is 3.65. The third-order valence-corrected chi connectivity index (χ3v) is 6.68. The summed E-state index contributed by atoms with van der Waals surface area (Å²) in [6.07, 6.45) is 3.50. The van der Waals surface area contributed by atoms with Gasteiger partial charge in [0.2, 0.25) is 0 Å². The number of carbonyl (C=O) groups excluding carboxylic acids is 2. The average Bonchev–Trinajstić information content (AvgIpc) is 3.36. The molecule has 2 aromatic rings. The number of fused-ring (bicyclic) bond motifs is 1. The van der Waals surface area contributed by atoms with Gasteiger partial charge in [-0.1, -0.05) is 47.5 Å². The monoisotopic (exact) mass is 456 g/mol. The zero-order chi connectivity index (χ0) is 21.5. The Morgan fingerprint density at radius 2 is 1.87 bits per heavy atom. The second kappa shape index (κ2) is 8.30. The van der Waals surface area contributed by atoms with Crippen LogP contribution < -0.4 is 4.90 Å². The van der Waals surface area contributed by atoms with Gasteiger partial charge in [-0.15, -0.1) is 0 Å². The van der Waals surface area contributed by atoms with E-state index in [9.17, 15) is 9.59 Å². The van der Waals surface area contributed by atoms with E-state index in [1.807, 2.05) is 23.1 Å². The molecule has 0 spiro atoms. The molecule has 160 valence electrons. The third-order valence-electron chi connectivity index (χ3n) is 6.13. The van der Waals surface area contributed by atoms with E-state index in [2.05, 4.69) is 6.07 Å². The number of amides is 2. The summed E-state index contributed by atoms with van der Waals surface area (Å²) in [5.74, 6) is -0.624. The zero-order valence-electron chi connectivity index (χ0n) is 16.9. The van der Waals surface area contributed by atoms with Gasteiger partial charge in [0.25, 0.3) is 11.8 Å². The van der Waals surface area contributed by atoms with Gasteiger partial charge >= 0.3 is 0 Å². The fourth-order valence-corrected chi connectivity index (χ4v) is 5.18. The highest BCUT2D eigenvalue weighted by Crippen LogP contribution is 2.40. The number of hydrogen-bond acceptors (Lipinski definition) is 4. The van der Waals surface area contributed by atoms with Crippen LogP contribution in [0.1, 0.15) is 30.4 Å². The van der Waals surface area contributed by atoms with Crippen molar-refractivity contribution in [3.05, 3.63) is 69.3 Å². The summed E-state index contributed by atoms with van der Waals surface area (Å²) in [5.41, 5.74) is 3.38. The number of nitrogens with zero attached hydrogens (tertiary/aromatic N) is 2. The molecular formula is C24H22Cl2N2O3. The van der Waals surface area contributed by atoms with Crippen molar-refractivity contribution in [3.8, 4) is 0 Å². The molecule has 1 unspecified atom stereocenters. The summed E-state index contributed by atoms with van der Waals surface area (Å²) in [4.78, 5) is 30.5. The van der Waals surface area contributed by atoms with Crippen LogP contribution in [0.3, 0.4) is 0 Å². The quantitative estimate of drug-likeness (QED) is 0.625. The van der Waals surface area contributed by atoms with E-state index in [4.69, 9.17) is 27.9 Å². The van der Waals surface area contributed by atoms with Crippen molar-refractivity contribution >= 4 is 46.3 Å². The van der Waals surface area contributed by atoms with Crippen molar-refractivity contribution in [2.45, 2.75) is 31.8 Å². The molecule has 0 radical (unpaired) electrons. The lowest BCUT2D eigenvalue weighted by Crippen LogP contribution is -2.40. The van der Waals surface area contributed by atoms with E-state index >= 15 is 0 Å². The minimum Gasteiger partial charge on any atom is -0.376 e. The molecule has 1 atom stereocenters. The second-order valence-electron chi connectivity index (χ2n) is 8.09. The Bertz CT molecular complexity index is 1090. The van der Waals surface area contributed by atoms with Crippen LogP contribution in [-0.2, 0) is 20.7 Å². The van der Waals surface area contributed by atoms with Crippen LogP contribution in [-0.4, -0.2) is 42.5 Å². The Labute approximate surface area is 191 Å². The van der Waals surface area contributed by atoms with Crippen LogP contribution in [0, 0.1) is 0 Å². The Hall–Kier alpha value is -2.34. The van der Waals surface area contributed by atoms with Crippen LogP contribution in [0.2, 0.25) is 10.0 Å². The number of ether oxygens (including phenoxy) is 1. The Morgan fingerprint density at radius 3 is 2.65 bits per heavy atom. The van der Waals surface area contributed by atoms with E-state index in [1.54, 1.807) is 18.2 Å². The fourth-order valence-electron chi connectivity index (χ4n) is 4.67. The Morgan fingerprint density at radius 1 is 1.03 bits per heavy atom. The molecule has 2 amide bonds. The smallest absolute Gasteiger partial charge is 0.278 e. The van der Waals surface area contributed by atoms with Crippen molar-refractivity contribution in [2.75, 3.05) is 24.6 Å². The standard InChI is InChI=1S/C24H22Cl2N2O3/c25-16-9-10-18(19(26)13-16)21-22(27-11-3-6-15-5-1-2-8-20(15)27)24(30)28(23(21)29)14-17-7-4-12-31-17/h1-2,5,8-10,13,17H,3-4,6-7,11-12,14H2. The molecule has 5 nitrogen and oxygen atoms in total. The number of rotatable bonds is 4. The van der Waals surface area contributed by atoms with Crippen LogP contribution in [0.4, 0.5) is 5.69 Å². The summed E-state index contributed by atoms with van der Waals surface area (Å²) >= 11 is 12.6. The van der Waals surface area contributed by atoms with Crippen molar-refractivity contribution < 1.29 is 14.3 Å². The number of hydrogen-bond donors (Lipinski definition) is 0. The Balaban J connectivity index is 1.64. The predicted molar refractivity (Wildman–Crippen MR) is 121 cm³/mol. The van der Waals surface area contributed by atoms with Crippen molar-refractivity contribution in [3.63, 3.8) is 0 Å². The van der Waals surface area contributed by atoms with Crippen LogP contribution >= 0.6 is 23.2 Å². The molecule has 5 rings (SSSR count). The first kappa shape index (κ1) is 20.6. The molecule has 1 saturated heterocycles. The van der Waals surface area contributed by atoms with E-state index in [0.717, 1.165) is 31.4 Å². The highest BCUT2D eigenvalue weighted by atomic mass is 35.5. The molecule has 7 heteroatoms. The van der Waals surface area contributed by atoms with Crippen molar-refractivity contribution in [1.82, 2.24) is 4.90 Å². The molecule has 3 aliphatic rings. The molecule has 0 saturated carbocycles. The molecule has 31 heavy (non-hydrogen) atoms. The normalized spacial score (nSPS) is 21.3. The van der Waals surface area contributed by atoms with Gasteiger partial charge in [-0.05, 0) is 49.4 Å². The second-order valence-corrected chi connectivity index (χ2v) is 8.93. The molecule has 0 bridgehead atoms. The number of carbonyl (C=O) groups is 2. The SMILES string of the molecule is O=C1C(c2ccc(Cl)cc2Cl)=C(N2CCCc3ccccc32)C(=O)N1CC1CCCO1. The van der Waals surface area contributed by atoms with Crippen LogP contribution in [0.15, 0.2) is 48.2 Å². The van der Waals surface area contributed by atoms with Gasteiger partial charge in [0.05, 0.1) is 23.2 Å². The molecular weight excluding hydrogens is 435 g/mol. The number of imide groups is 1. The van der Waals surface area contributed by atoms with E-state index in [1.165, 1.54) is 10.5 Å². The summed E-state index contributed by atoms with van der Waals surface area (Å²) < 4.78 is 5.71. The minimum atomic E-state index is -0.331. The van der Waals surface area contributed by atoms with Gasteiger partial charge in [-0.3, -0.25) is 14.5 Å². The minimum absolute atomic E-state index is 0.122. The summed E-state index contributed by atoms with van der Waals surface area (Å²) in [7, 11) is 0. The van der Waals surface area contributed by atoms with Gasteiger partial charge in [-0.2, -0.15) is 0 Å². The highest BCUT2D eigenvalue weighted by Gasteiger charge is 2.44. The van der Waals surface area contributed by atoms with Gasteiger partial charge < -0.3 is 9.64 Å². The molecule has 3 heterocycles. The number of halogens is 2. The Kier molecular flexibility index (Phi) is 5.51. The average molecular weight is 457 g/mol. The first-order chi connectivity index (χ1) is 15.0. The summed E-state index contributed by atoms with van der Waals surface area (Å²) in [6, 6.07) is 13.0. The van der Waals surface area contributed by atoms with Gasteiger partial charge in [0.1, 0.15) is 5.70 Å². The molecule has 0 N–H and O–H groups in total. The maximum absolute atomic E-state index is 13.7. The van der Waals surface area contributed by atoms with E-state index in [0.29, 0.717) is 40.0 Å². The lowest BCUT2D eigenvalue weighted by molar-refractivity contribution is -0.138. The highest BCUT2D eigenvalue weighted by molar-refractivity contribution is 6.41. The molecule has 2 aromatic carbocycles. The maximum atomic E-state index is 13.7. The number of anilines is 1. The number of para-hydroxylation sites is 1. The van der Waals surface area contributed by atoms with Crippen LogP contribution in [0.25, 0.3) is 5.57 Å². The molecule has 3 aliphatic heterocycles. The van der Waals surface area contributed by atoms with E-state index in [-0.39, 0.29) is 24.5 Å². The van der Waals surface area contributed by atoms with Crippen LogP contribution in [0.5, 0.6) is 0 Å². The fraction of sp³-hybridized carbons (Fsp3) is 0.333. The van der Waals surface area contributed by atoms with Crippen molar-refractivity contribution in [1.29, 1.82) is 0 Å². The molecule has 0 aliphatic carbocycles.